The van der Waals surface area contributed by atoms with Crippen molar-refractivity contribution in [2.45, 2.75) is 18.9 Å². The first-order chi connectivity index (χ1) is 9.66. The standard InChI is InChI=1S/C13H18N2O4S/c16-12(17)11(10-2-1-7-20-10)15-13(18)14-8-9-3-5-19-6-4-9/h1-2,7,9,11H,3-6,8H2,(H,16,17)(H2,14,15,18). The third kappa shape index (κ3) is 4.21. The number of amides is 2. The number of hydrogen-bond acceptors (Lipinski definition) is 4. The van der Waals surface area contributed by atoms with Crippen molar-refractivity contribution in [3.63, 3.8) is 0 Å². The van der Waals surface area contributed by atoms with Crippen LogP contribution in [0.4, 0.5) is 4.79 Å². The van der Waals surface area contributed by atoms with E-state index in [1.807, 2.05) is 0 Å². The summed E-state index contributed by atoms with van der Waals surface area (Å²) < 4.78 is 5.25. The van der Waals surface area contributed by atoms with E-state index in [2.05, 4.69) is 10.6 Å². The number of rotatable bonds is 5. The third-order valence-corrected chi connectivity index (χ3v) is 4.18. The van der Waals surface area contributed by atoms with Crippen molar-refractivity contribution in [2.75, 3.05) is 19.8 Å². The first-order valence-electron chi connectivity index (χ1n) is 6.55. The molecule has 1 aromatic rings. The summed E-state index contributed by atoms with van der Waals surface area (Å²) in [6.45, 7) is 1.99. The Labute approximate surface area is 121 Å². The number of hydrogen-bond donors (Lipinski definition) is 3. The highest BCUT2D eigenvalue weighted by molar-refractivity contribution is 7.10. The first-order valence-corrected chi connectivity index (χ1v) is 7.43. The molecule has 0 aromatic carbocycles. The van der Waals surface area contributed by atoms with Gasteiger partial charge in [0, 0.05) is 24.6 Å². The number of thiophene rings is 1. The van der Waals surface area contributed by atoms with Gasteiger partial charge in [0.2, 0.25) is 0 Å². The molecule has 110 valence electrons. The fourth-order valence-electron chi connectivity index (χ4n) is 2.08. The normalized spacial score (nSPS) is 17.4. The van der Waals surface area contributed by atoms with Crippen molar-refractivity contribution in [1.29, 1.82) is 0 Å². The van der Waals surface area contributed by atoms with Gasteiger partial charge in [-0.3, -0.25) is 0 Å². The maximum atomic E-state index is 11.8. The summed E-state index contributed by atoms with van der Waals surface area (Å²) in [7, 11) is 0. The summed E-state index contributed by atoms with van der Waals surface area (Å²) in [4.78, 5) is 23.6. The predicted molar refractivity (Wildman–Crippen MR) is 74.8 cm³/mol. The van der Waals surface area contributed by atoms with Gasteiger partial charge >= 0.3 is 12.0 Å². The van der Waals surface area contributed by atoms with E-state index in [4.69, 9.17) is 9.84 Å². The number of ether oxygens (including phenoxy) is 1. The highest BCUT2D eigenvalue weighted by Gasteiger charge is 2.23. The van der Waals surface area contributed by atoms with E-state index in [-0.39, 0.29) is 0 Å². The molecule has 1 atom stereocenters. The Morgan fingerprint density at radius 1 is 1.45 bits per heavy atom. The van der Waals surface area contributed by atoms with E-state index < -0.39 is 18.0 Å². The van der Waals surface area contributed by atoms with Crippen LogP contribution >= 0.6 is 11.3 Å². The number of carbonyl (C=O) groups is 2. The van der Waals surface area contributed by atoms with Crippen molar-refractivity contribution in [1.82, 2.24) is 10.6 Å². The minimum absolute atomic E-state index is 0.402. The van der Waals surface area contributed by atoms with Crippen molar-refractivity contribution < 1.29 is 19.4 Å². The molecule has 1 aliphatic heterocycles. The molecule has 7 heteroatoms. The quantitative estimate of drug-likeness (QED) is 0.770. The van der Waals surface area contributed by atoms with Crippen LogP contribution in [-0.2, 0) is 9.53 Å². The molecule has 1 fully saturated rings. The second-order valence-corrected chi connectivity index (χ2v) is 5.68. The van der Waals surface area contributed by atoms with Gasteiger partial charge in [0.25, 0.3) is 0 Å². The lowest BCUT2D eigenvalue weighted by atomic mass is 10.0. The lowest BCUT2D eigenvalue weighted by molar-refractivity contribution is -0.139. The molecule has 2 rings (SSSR count). The maximum Gasteiger partial charge on any atom is 0.331 e. The van der Waals surface area contributed by atoms with Crippen molar-refractivity contribution in [3.8, 4) is 0 Å². The molecule has 0 bridgehead atoms. The Bertz CT molecular complexity index is 443. The van der Waals surface area contributed by atoms with Gasteiger partial charge in [-0.1, -0.05) is 6.07 Å². The SMILES string of the molecule is O=C(NCC1CCOCC1)NC(C(=O)O)c1cccs1. The zero-order chi connectivity index (χ0) is 14.4. The average molecular weight is 298 g/mol. The largest absolute Gasteiger partial charge is 0.479 e. The lowest BCUT2D eigenvalue weighted by Crippen LogP contribution is -2.42. The van der Waals surface area contributed by atoms with Gasteiger partial charge in [0.15, 0.2) is 6.04 Å². The number of carboxylic acids is 1. The minimum Gasteiger partial charge on any atom is -0.479 e. The summed E-state index contributed by atoms with van der Waals surface area (Å²) in [6, 6.07) is 2.02. The highest BCUT2D eigenvalue weighted by Crippen LogP contribution is 2.19. The van der Waals surface area contributed by atoms with Gasteiger partial charge in [-0.15, -0.1) is 11.3 Å². The van der Waals surface area contributed by atoms with E-state index in [9.17, 15) is 9.59 Å². The molecule has 0 aliphatic carbocycles. The zero-order valence-electron chi connectivity index (χ0n) is 11.0. The molecular weight excluding hydrogens is 280 g/mol. The van der Waals surface area contributed by atoms with E-state index in [0.29, 0.717) is 17.3 Å². The number of carbonyl (C=O) groups excluding carboxylic acids is 1. The topological polar surface area (TPSA) is 87.7 Å². The molecule has 1 saturated heterocycles. The average Bonchev–Trinajstić information content (AvgIpc) is 2.97. The summed E-state index contributed by atoms with van der Waals surface area (Å²) in [5.41, 5.74) is 0. The van der Waals surface area contributed by atoms with E-state index in [0.717, 1.165) is 26.1 Å². The van der Waals surface area contributed by atoms with Crippen LogP contribution in [0.5, 0.6) is 0 Å². The van der Waals surface area contributed by atoms with Crippen LogP contribution in [0.2, 0.25) is 0 Å². The predicted octanol–water partition coefficient (Wildman–Crippen LogP) is 1.60. The molecule has 0 spiro atoms. The molecule has 1 aliphatic rings. The molecule has 0 radical (unpaired) electrons. The van der Waals surface area contributed by atoms with Crippen molar-refractivity contribution >= 4 is 23.3 Å². The maximum absolute atomic E-state index is 11.8. The Kier molecular flexibility index (Phi) is 5.37. The lowest BCUT2D eigenvalue weighted by Gasteiger charge is -2.22. The highest BCUT2D eigenvalue weighted by atomic mass is 32.1. The number of urea groups is 1. The summed E-state index contributed by atoms with van der Waals surface area (Å²) in [5, 5.41) is 16.2. The Morgan fingerprint density at radius 3 is 2.80 bits per heavy atom. The molecule has 6 nitrogen and oxygen atoms in total. The monoisotopic (exact) mass is 298 g/mol. The van der Waals surface area contributed by atoms with Crippen LogP contribution < -0.4 is 10.6 Å². The Balaban J connectivity index is 1.81. The van der Waals surface area contributed by atoms with Gasteiger partial charge < -0.3 is 20.5 Å². The van der Waals surface area contributed by atoms with Crippen LogP contribution in [0.1, 0.15) is 23.8 Å². The van der Waals surface area contributed by atoms with Crippen molar-refractivity contribution in [3.05, 3.63) is 22.4 Å². The number of nitrogens with one attached hydrogen (secondary N) is 2. The second kappa shape index (κ2) is 7.25. The summed E-state index contributed by atoms with van der Waals surface area (Å²) in [5.74, 6) is -0.659. The Morgan fingerprint density at radius 2 is 2.20 bits per heavy atom. The smallest absolute Gasteiger partial charge is 0.331 e. The molecule has 20 heavy (non-hydrogen) atoms. The molecular formula is C13H18N2O4S. The van der Waals surface area contributed by atoms with Gasteiger partial charge in [-0.2, -0.15) is 0 Å². The van der Waals surface area contributed by atoms with E-state index >= 15 is 0 Å². The summed E-state index contributed by atoms with van der Waals surface area (Å²) >= 11 is 1.31. The minimum atomic E-state index is -1.06. The van der Waals surface area contributed by atoms with Gasteiger partial charge in [-0.05, 0) is 30.2 Å². The molecule has 1 unspecified atom stereocenters. The van der Waals surface area contributed by atoms with E-state index in [1.54, 1.807) is 17.5 Å². The van der Waals surface area contributed by atoms with Crippen LogP contribution in [-0.4, -0.2) is 36.9 Å². The summed E-state index contributed by atoms with van der Waals surface area (Å²) in [6.07, 6.45) is 1.85. The van der Waals surface area contributed by atoms with Crippen LogP contribution in [0.3, 0.4) is 0 Å². The van der Waals surface area contributed by atoms with Crippen LogP contribution in [0.25, 0.3) is 0 Å². The zero-order valence-corrected chi connectivity index (χ0v) is 11.8. The molecule has 2 heterocycles. The van der Waals surface area contributed by atoms with Gasteiger partial charge in [-0.25, -0.2) is 9.59 Å². The Hall–Kier alpha value is -1.60. The van der Waals surface area contributed by atoms with Gasteiger partial charge in [0.05, 0.1) is 0 Å². The molecule has 3 N–H and O–H groups in total. The third-order valence-electron chi connectivity index (χ3n) is 3.24. The number of aliphatic carboxylic acids is 1. The fourth-order valence-corrected chi connectivity index (χ4v) is 2.85. The fraction of sp³-hybridized carbons (Fsp3) is 0.538. The van der Waals surface area contributed by atoms with Crippen LogP contribution in [0, 0.1) is 5.92 Å². The number of carboxylic acid groups (broad SMARTS) is 1. The second-order valence-electron chi connectivity index (χ2n) is 4.70. The van der Waals surface area contributed by atoms with E-state index in [1.165, 1.54) is 11.3 Å². The van der Waals surface area contributed by atoms with Crippen LogP contribution in [0.15, 0.2) is 17.5 Å². The molecule has 0 saturated carbocycles. The molecule has 2 amide bonds. The van der Waals surface area contributed by atoms with Gasteiger partial charge in [0.1, 0.15) is 0 Å². The molecule has 1 aromatic heterocycles. The van der Waals surface area contributed by atoms with Crippen molar-refractivity contribution in [2.24, 2.45) is 5.92 Å². The first kappa shape index (κ1) is 14.8.